The fourth-order valence-corrected chi connectivity index (χ4v) is 1.73. The summed E-state index contributed by atoms with van der Waals surface area (Å²) < 4.78 is 1.63. The molecule has 0 amide bonds. The predicted octanol–water partition coefficient (Wildman–Crippen LogP) is 1.10. The van der Waals surface area contributed by atoms with Gasteiger partial charge in [0.15, 0.2) is 5.82 Å². The Labute approximate surface area is 103 Å². The van der Waals surface area contributed by atoms with Crippen molar-refractivity contribution in [2.24, 2.45) is 5.73 Å². The minimum atomic E-state index is -0.0683. The lowest BCUT2D eigenvalue weighted by atomic mass is 10.3. The Morgan fingerprint density at radius 1 is 1.11 bits per heavy atom. The van der Waals surface area contributed by atoms with Crippen LogP contribution >= 0.6 is 0 Å². The topological polar surface area (TPSA) is 93.5 Å². The molecule has 0 radical (unpaired) electrons. The number of benzene rings is 1. The maximum atomic E-state index is 7.39. The van der Waals surface area contributed by atoms with Gasteiger partial charge < -0.3 is 5.73 Å². The number of para-hydroxylation sites is 1. The molecular formula is C12H10N6. The second kappa shape index (κ2) is 3.92. The van der Waals surface area contributed by atoms with E-state index in [2.05, 4.69) is 15.3 Å². The SMILES string of the molecule is N=C(N)c1cccc(-n2nnc3ccccc32)n1. The molecule has 0 atom stereocenters. The lowest BCUT2D eigenvalue weighted by molar-refractivity contribution is 0.800. The van der Waals surface area contributed by atoms with E-state index in [9.17, 15) is 0 Å². The highest BCUT2D eigenvalue weighted by atomic mass is 15.4. The first kappa shape index (κ1) is 10.4. The van der Waals surface area contributed by atoms with Crippen molar-refractivity contribution in [1.29, 1.82) is 5.41 Å². The van der Waals surface area contributed by atoms with Crippen molar-refractivity contribution in [2.75, 3.05) is 0 Å². The zero-order valence-electron chi connectivity index (χ0n) is 9.41. The fraction of sp³-hybridized carbons (Fsp3) is 0. The highest BCUT2D eigenvalue weighted by Gasteiger charge is 2.07. The number of nitrogens with one attached hydrogen (secondary N) is 1. The van der Waals surface area contributed by atoms with Gasteiger partial charge in [0.05, 0.1) is 5.52 Å². The molecule has 0 saturated carbocycles. The molecule has 0 saturated heterocycles. The standard InChI is InChI=1S/C12H10N6/c13-12(14)9-5-3-7-11(15-9)18-10-6-2-1-4-8(10)16-17-18/h1-7H,(H3,13,14). The van der Waals surface area contributed by atoms with Crippen LogP contribution in [0.3, 0.4) is 0 Å². The molecule has 0 unspecified atom stereocenters. The number of fused-ring (bicyclic) bond motifs is 1. The number of pyridine rings is 1. The van der Waals surface area contributed by atoms with Crippen LogP contribution in [0.2, 0.25) is 0 Å². The summed E-state index contributed by atoms with van der Waals surface area (Å²) in [6.45, 7) is 0. The van der Waals surface area contributed by atoms with E-state index in [1.807, 2.05) is 24.3 Å². The third-order valence-electron chi connectivity index (χ3n) is 2.58. The summed E-state index contributed by atoms with van der Waals surface area (Å²) in [6, 6.07) is 12.9. The lowest BCUT2D eigenvalue weighted by Gasteiger charge is -2.03. The number of nitrogens with two attached hydrogens (primary N) is 1. The third kappa shape index (κ3) is 1.60. The average Bonchev–Trinajstić information content (AvgIpc) is 2.82. The molecule has 0 aliphatic rings. The molecule has 18 heavy (non-hydrogen) atoms. The molecule has 2 aromatic heterocycles. The van der Waals surface area contributed by atoms with Gasteiger partial charge in [0.1, 0.15) is 17.0 Å². The molecule has 3 rings (SSSR count). The first-order chi connectivity index (χ1) is 8.75. The van der Waals surface area contributed by atoms with Gasteiger partial charge in [-0.15, -0.1) is 5.10 Å². The van der Waals surface area contributed by atoms with Crippen LogP contribution in [0.15, 0.2) is 42.5 Å². The third-order valence-corrected chi connectivity index (χ3v) is 2.58. The molecule has 3 aromatic rings. The Hall–Kier alpha value is -2.76. The zero-order valence-corrected chi connectivity index (χ0v) is 9.41. The first-order valence-corrected chi connectivity index (χ1v) is 5.38. The highest BCUT2D eigenvalue weighted by Crippen LogP contribution is 2.14. The largest absolute Gasteiger partial charge is 0.382 e. The highest BCUT2D eigenvalue weighted by molar-refractivity contribution is 5.93. The van der Waals surface area contributed by atoms with Crippen LogP contribution in [0.4, 0.5) is 0 Å². The Balaban J connectivity index is 2.20. The molecule has 2 heterocycles. The summed E-state index contributed by atoms with van der Waals surface area (Å²) in [4.78, 5) is 4.28. The van der Waals surface area contributed by atoms with Crippen molar-refractivity contribution in [3.05, 3.63) is 48.2 Å². The quantitative estimate of drug-likeness (QED) is 0.516. The maximum Gasteiger partial charge on any atom is 0.156 e. The fourth-order valence-electron chi connectivity index (χ4n) is 1.73. The minimum Gasteiger partial charge on any atom is -0.382 e. The van der Waals surface area contributed by atoms with Crippen molar-refractivity contribution in [3.63, 3.8) is 0 Å². The number of rotatable bonds is 2. The Kier molecular flexibility index (Phi) is 2.26. The number of aromatic nitrogens is 4. The van der Waals surface area contributed by atoms with Crippen molar-refractivity contribution in [1.82, 2.24) is 20.0 Å². The predicted molar refractivity (Wildman–Crippen MR) is 67.7 cm³/mol. The second-order valence-corrected chi connectivity index (χ2v) is 3.78. The first-order valence-electron chi connectivity index (χ1n) is 5.38. The maximum absolute atomic E-state index is 7.39. The Morgan fingerprint density at radius 2 is 1.94 bits per heavy atom. The van der Waals surface area contributed by atoms with E-state index in [4.69, 9.17) is 11.1 Å². The van der Waals surface area contributed by atoms with Crippen LogP contribution in [0.5, 0.6) is 0 Å². The summed E-state index contributed by atoms with van der Waals surface area (Å²) in [6.07, 6.45) is 0. The number of nitrogens with zero attached hydrogens (tertiary/aromatic N) is 4. The number of amidine groups is 1. The van der Waals surface area contributed by atoms with E-state index in [-0.39, 0.29) is 5.84 Å². The van der Waals surface area contributed by atoms with Crippen molar-refractivity contribution >= 4 is 16.9 Å². The smallest absolute Gasteiger partial charge is 0.156 e. The van der Waals surface area contributed by atoms with Gasteiger partial charge in [-0.1, -0.05) is 23.4 Å². The van der Waals surface area contributed by atoms with Gasteiger partial charge in [-0.25, -0.2) is 4.98 Å². The molecule has 0 bridgehead atoms. The summed E-state index contributed by atoms with van der Waals surface area (Å²) in [5.41, 5.74) is 7.51. The summed E-state index contributed by atoms with van der Waals surface area (Å²) >= 11 is 0. The van der Waals surface area contributed by atoms with E-state index in [1.165, 1.54) is 0 Å². The van der Waals surface area contributed by atoms with Crippen molar-refractivity contribution in [3.8, 4) is 5.82 Å². The summed E-state index contributed by atoms with van der Waals surface area (Å²) in [7, 11) is 0. The molecular weight excluding hydrogens is 228 g/mol. The normalized spacial score (nSPS) is 10.7. The van der Waals surface area contributed by atoms with Gasteiger partial charge in [-0.2, -0.15) is 4.68 Å². The summed E-state index contributed by atoms with van der Waals surface area (Å²) in [5.74, 6) is 0.526. The molecule has 88 valence electrons. The van der Waals surface area contributed by atoms with E-state index in [0.717, 1.165) is 11.0 Å². The molecule has 0 aliphatic carbocycles. The van der Waals surface area contributed by atoms with E-state index < -0.39 is 0 Å². The van der Waals surface area contributed by atoms with Crippen LogP contribution in [0, 0.1) is 5.41 Å². The van der Waals surface area contributed by atoms with Gasteiger partial charge in [0.25, 0.3) is 0 Å². The van der Waals surface area contributed by atoms with Crippen molar-refractivity contribution in [2.45, 2.75) is 0 Å². The Morgan fingerprint density at radius 3 is 2.78 bits per heavy atom. The second-order valence-electron chi connectivity index (χ2n) is 3.78. The lowest BCUT2D eigenvalue weighted by Crippen LogP contribution is -2.14. The van der Waals surface area contributed by atoms with Crippen LogP contribution in [-0.2, 0) is 0 Å². The van der Waals surface area contributed by atoms with Gasteiger partial charge in [-0.3, -0.25) is 5.41 Å². The minimum absolute atomic E-state index is 0.0683. The molecule has 6 nitrogen and oxygen atoms in total. The van der Waals surface area contributed by atoms with Gasteiger partial charge in [-0.05, 0) is 24.3 Å². The molecule has 0 aliphatic heterocycles. The van der Waals surface area contributed by atoms with Crippen LogP contribution in [0.25, 0.3) is 16.9 Å². The van der Waals surface area contributed by atoms with Crippen LogP contribution in [0.1, 0.15) is 5.69 Å². The molecule has 1 aromatic carbocycles. The molecule has 0 spiro atoms. The molecule has 3 N–H and O–H groups in total. The van der Waals surface area contributed by atoms with Crippen LogP contribution in [-0.4, -0.2) is 25.8 Å². The zero-order chi connectivity index (χ0) is 12.5. The van der Waals surface area contributed by atoms with E-state index in [0.29, 0.717) is 11.5 Å². The summed E-state index contributed by atoms with van der Waals surface area (Å²) in [5, 5.41) is 15.5. The van der Waals surface area contributed by atoms with Gasteiger partial charge in [0.2, 0.25) is 0 Å². The van der Waals surface area contributed by atoms with Crippen LogP contribution < -0.4 is 5.73 Å². The molecule has 6 heteroatoms. The number of nitrogen functional groups attached to an aromatic ring is 1. The van der Waals surface area contributed by atoms with Crippen molar-refractivity contribution < 1.29 is 0 Å². The Bertz CT molecular complexity index is 730. The number of hydrogen-bond acceptors (Lipinski definition) is 4. The monoisotopic (exact) mass is 238 g/mol. The molecule has 0 fully saturated rings. The van der Waals surface area contributed by atoms with E-state index >= 15 is 0 Å². The average molecular weight is 238 g/mol. The number of hydrogen-bond donors (Lipinski definition) is 2. The van der Waals surface area contributed by atoms with E-state index in [1.54, 1.807) is 22.9 Å². The van der Waals surface area contributed by atoms with Gasteiger partial charge >= 0.3 is 0 Å². The van der Waals surface area contributed by atoms with Gasteiger partial charge in [0, 0.05) is 0 Å².